The second kappa shape index (κ2) is 9.41. The Morgan fingerprint density at radius 2 is 1.15 bits per heavy atom. The highest BCUT2D eigenvalue weighted by Gasteiger charge is 2.10. The van der Waals surface area contributed by atoms with Crippen LogP contribution in [0.25, 0.3) is 0 Å². The normalized spacial score (nSPS) is 10.0. The summed E-state index contributed by atoms with van der Waals surface area (Å²) in [5.74, 6) is 2.72. The van der Waals surface area contributed by atoms with Crippen LogP contribution in [0.1, 0.15) is 10.4 Å². The highest BCUT2D eigenvalue weighted by atomic mass is 16.5. The largest absolute Gasteiger partial charge is 0.497 e. The van der Waals surface area contributed by atoms with E-state index in [1.54, 1.807) is 50.6 Å². The zero-order chi connectivity index (χ0) is 18.9. The Balaban J connectivity index is 1.91. The zero-order valence-corrected chi connectivity index (χ0v) is 15.3. The number of carbonyl (C=O) groups excluding carboxylic acids is 1. The van der Waals surface area contributed by atoms with E-state index >= 15 is 0 Å². The molecule has 0 unspecified atom stereocenters. The van der Waals surface area contributed by atoms with Gasteiger partial charge in [-0.15, -0.1) is 0 Å². The van der Waals surface area contributed by atoms with E-state index in [4.69, 9.17) is 23.7 Å². The van der Waals surface area contributed by atoms with Crippen LogP contribution in [0.5, 0.6) is 28.7 Å². The van der Waals surface area contributed by atoms with E-state index in [2.05, 4.69) is 5.32 Å². The molecule has 0 aliphatic heterocycles. The lowest BCUT2D eigenvalue weighted by Crippen LogP contribution is -2.28. The monoisotopic (exact) mass is 361 g/mol. The average molecular weight is 361 g/mol. The van der Waals surface area contributed by atoms with Gasteiger partial charge in [0.15, 0.2) is 0 Å². The second-order valence-corrected chi connectivity index (χ2v) is 5.25. The summed E-state index contributed by atoms with van der Waals surface area (Å²) < 4.78 is 26.4. The second-order valence-electron chi connectivity index (χ2n) is 5.25. The first-order valence-corrected chi connectivity index (χ1v) is 7.96. The first-order chi connectivity index (χ1) is 12.6. The smallest absolute Gasteiger partial charge is 0.251 e. The molecule has 0 saturated carbocycles. The van der Waals surface area contributed by atoms with Crippen molar-refractivity contribution >= 4 is 5.91 Å². The van der Waals surface area contributed by atoms with E-state index in [0.29, 0.717) is 47.5 Å². The molecule has 0 bridgehead atoms. The van der Waals surface area contributed by atoms with Crippen molar-refractivity contribution in [1.82, 2.24) is 5.32 Å². The van der Waals surface area contributed by atoms with Crippen LogP contribution in [-0.2, 0) is 0 Å². The number of amides is 1. The number of hydrogen-bond donors (Lipinski definition) is 1. The van der Waals surface area contributed by atoms with Gasteiger partial charge in [-0.1, -0.05) is 0 Å². The molecule has 0 atom stereocenters. The van der Waals surface area contributed by atoms with Crippen LogP contribution in [0.4, 0.5) is 0 Å². The predicted octanol–water partition coefficient (Wildman–Crippen LogP) is 2.53. The molecule has 26 heavy (non-hydrogen) atoms. The Hall–Kier alpha value is -3.09. The molecule has 0 aliphatic rings. The summed E-state index contributed by atoms with van der Waals surface area (Å²) in [6, 6.07) is 10.2. The SMILES string of the molecule is COc1cc(OC)cc(OCCNC(=O)c2cc(OC)cc(OC)c2)c1. The van der Waals surface area contributed by atoms with Gasteiger partial charge in [-0.3, -0.25) is 4.79 Å². The fourth-order valence-electron chi connectivity index (χ4n) is 2.24. The summed E-state index contributed by atoms with van der Waals surface area (Å²) in [4.78, 5) is 12.3. The van der Waals surface area contributed by atoms with Crippen molar-refractivity contribution in [2.45, 2.75) is 0 Å². The summed E-state index contributed by atoms with van der Waals surface area (Å²) in [7, 11) is 6.21. The zero-order valence-electron chi connectivity index (χ0n) is 15.3. The van der Waals surface area contributed by atoms with Crippen molar-refractivity contribution in [2.24, 2.45) is 0 Å². The van der Waals surface area contributed by atoms with Crippen LogP contribution in [-0.4, -0.2) is 47.5 Å². The summed E-state index contributed by atoms with van der Waals surface area (Å²) in [5.41, 5.74) is 0.448. The van der Waals surface area contributed by atoms with Gasteiger partial charge in [0.25, 0.3) is 5.91 Å². The molecule has 7 heteroatoms. The standard InChI is InChI=1S/C19H23NO6/c1-22-14-7-13(8-15(9-14)23-2)19(21)20-5-6-26-18-11-16(24-3)10-17(12-18)25-4/h7-12H,5-6H2,1-4H3,(H,20,21). The van der Waals surface area contributed by atoms with Gasteiger partial charge in [-0.05, 0) is 12.1 Å². The van der Waals surface area contributed by atoms with Crippen molar-refractivity contribution in [1.29, 1.82) is 0 Å². The lowest BCUT2D eigenvalue weighted by molar-refractivity contribution is 0.0946. The summed E-state index contributed by atoms with van der Waals surface area (Å²) in [6.45, 7) is 0.626. The molecule has 140 valence electrons. The molecular weight excluding hydrogens is 338 g/mol. The maximum absolute atomic E-state index is 12.3. The maximum atomic E-state index is 12.3. The Labute approximate surface area is 152 Å². The van der Waals surface area contributed by atoms with Crippen LogP contribution in [0.2, 0.25) is 0 Å². The lowest BCUT2D eigenvalue weighted by Gasteiger charge is -2.11. The molecule has 0 heterocycles. The fraction of sp³-hybridized carbons (Fsp3) is 0.316. The molecule has 7 nitrogen and oxygen atoms in total. The number of benzene rings is 2. The lowest BCUT2D eigenvalue weighted by atomic mass is 10.2. The van der Waals surface area contributed by atoms with Gasteiger partial charge in [-0.2, -0.15) is 0 Å². The van der Waals surface area contributed by atoms with Crippen molar-refractivity contribution in [3.8, 4) is 28.7 Å². The van der Waals surface area contributed by atoms with E-state index in [-0.39, 0.29) is 5.91 Å². The number of methoxy groups -OCH3 is 4. The molecule has 0 radical (unpaired) electrons. The van der Waals surface area contributed by atoms with Crippen molar-refractivity contribution in [2.75, 3.05) is 41.6 Å². The van der Waals surface area contributed by atoms with Gasteiger partial charge in [0.1, 0.15) is 35.4 Å². The van der Waals surface area contributed by atoms with Crippen LogP contribution in [0.3, 0.4) is 0 Å². The van der Waals surface area contributed by atoms with Gasteiger partial charge >= 0.3 is 0 Å². The van der Waals surface area contributed by atoms with Crippen LogP contribution >= 0.6 is 0 Å². The molecular formula is C19H23NO6. The fourth-order valence-corrected chi connectivity index (χ4v) is 2.24. The molecule has 2 aromatic carbocycles. The third-order valence-electron chi connectivity index (χ3n) is 3.59. The Morgan fingerprint density at radius 1 is 0.731 bits per heavy atom. The minimum Gasteiger partial charge on any atom is -0.497 e. The topological polar surface area (TPSA) is 75.2 Å². The highest BCUT2D eigenvalue weighted by molar-refractivity contribution is 5.95. The molecule has 0 spiro atoms. The molecule has 0 fully saturated rings. The van der Waals surface area contributed by atoms with E-state index < -0.39 is 0 Å². The maximum Gasteiger partial charge on any atom is 0.251 e. The molecule has 0 saturated heterocycles. The third-order valence-corrected chi connectivity index (χ3v) is 3.59. The molecule has 1 amide bonds. The third kappa shape index (κ3) is 5.20. The number of carbonyl (C=O) groups is 1. The minimum absolute atomic E-state index is 0.242. The molecule has 0 aromatic heterocycles. The van der Waals surface area contributed by atoms with E-state index in [1.165, 1.54) is 14.2 Å². The Kier molecular flexibility index (Phi) is 6.96. The highest BCUT2D eigenvalue weighted by Crippen LogP contribution is 2.27. The molecule has 1 N–H and O–H groups in total. The minimum atomic E-state index is -0.242. The summed E-state index contributed by atoms with van der Waals surface area (Å²) in [6.07, 6.45) is 0. The number of hydrogen-bond acceptors (Lipinski definition) is 6. The Morgan fingerprint density at radius 3 is 1.62 bits per heavy atom. The number of nitrogens with one attached hydrogen (secondary N) is 1. The number of rotatable bonds is 9. The van der Waals surface area contributed by atoms with E-state index in [0.717, 1.165) is 0 Å². The van der Waals surface area contributed by atoms with E-state index in [9.17, 15) is 4.79 Å². The van der Waals surface area contributed by atoms with Crippen LogP contribution in [0, 0.1) is 0 Å². The van der Waals surface area contributed by atoms with Gasteiger partial charge in [0.05, 0.1) is 35.0 Å². The summed E-state index contributed by atoms with van der Waals surface area (Å²) >= 11 is 0. The van der Waals surface area contributed by atoms with Crippen LogP contribution < -0.4 is 29.0 Å². The molecule has 2 aromatic rings. The summed E-state index contributed by atoms with van der Waals surface area (Å²) in [5, 5.41) is 2.79. The van der Waals surface area contributed by atoms with Crippen LogP contribution in [0.15, 0.2) is 36.4 Å². The number of ether oxygens (including phenoxy) is 5. The van der Waals surface area contributed by atoms with Gasteiger partial charge in [0, 0.05) is 29.8 Å². The van der Waals surface area contributed by atoms with Gasteiger partial charge in [-0.25, -0.2) is 0 Å². The predicted molar refractivity (Wildman–Crippen MR) is 96.9 cm³/mol. The quantitative estimate of drug-likeness (QED) is 0.692. The van der Waals surface area contributed by atoms with Crippen molar-refractivity contribution in [3.63, 3.8) is 0 Å². The molecule has 2 rings (SSSR count). The Bertz CT molecular complexity index is 702. The van der Waals surface area contributed by atoms with Gasteiger partial charge in [0.2, 0.25) is 0 Å². The first kappa shape index (κ1) is 19.2. The average Bonchev–Trinajstić information content (AvgIpc) is 2.70. The van der Waals surface area contributed by atoms with Crippen molar-refractivity contribution < 1.29 is 28.5 Å². The van der Waals surface area contributed by atoms with Crippen molar-refractivity contribution in [3.05, 3.63) is 42.0 Å². The van der Waals surface area contributed by atoms with Gasteiger partial charge < -0.3 is 29.0 Å². The molecule has 0 aliphatic carbocycles. The van der Waals surface area contributed by atoms with E-state index in [1.807, 2.05) is 0 Å². The first-order valence-electron chi connectivity index (χ1n) is 7.96.